The summed E-state index contributed by atoms with van der Waals surface area (Å²) in [6.45, 7) is 3.86. The van der Waals surface area contributed by atoms with E-state index in [4.69, 9.17) is 0 Å². The van der Waals surface area contributed by atoms with E-state index in [1.165, 1.54) is 0 Å². The molecule has 0 radical (unpaired) electrons. The molecule has 0 spiro atoms. The van der Waals surface area contributed by atoms with Crippen molar-refractivity contribution in [1.29, 1.82) is 0 Å². The average Bonchev–Trinajstić information content (AvgIpc) is 2.92. The van der Waals surface area contributed by atoms with Gasteiger partial charge in [0.1, 0.15) is 6.04 Å². The topological polar surface area (TPSA) is 61.4 Å². The number of hydrazine groups is 1. The molecule has 4 aromatic carbocycles. The van der Waals surface area contributed by atoms with Crippen LogP contribution in [0.15, 0.2) is 121 Å². The number of anilines is 2. The molecule has 0 fully saturated rings. The second-order valence-corrected chi connectivity index (χ2v) is 8.97. The number of carbonyl (C=O) groups excluding carboxylic acids is 2. The zero-order chi connectivity index (χ0) is 25.3. The molecule has 0 bridgehead atoms. The fourth-order valence-electron chi connectivity index (χ4n) is 4.17. The summed E-state index contributed by atoms with van der Waals surface area (Å²) in [5.74, 6) is -1.16. The number of benzene rings is 4. The second kappa shape index (κ2) is 11.8. The number of amides is 2. The van der Waals surface area contributed by atoms with Gasteiger partial charge < -0.3 is 5.32 Å². The van der Waals surface area contributed by atoms with Crippen LogP contribution in [-0.4, -0.2) is 17.9 Å². The van der Waals surface area contributed by atoms with Gasteiger partial charge in [0.2, 0.25) is 5.91 Å². The quantitative estimate of drug-likeness (QED) is 0.298. The summed E-state index contributed by atoms with van der Waals surface area (Å²) in [6.07, 6.45) is 0. The van der Waals surface area contributed by atoms with E-state index in [1.54, 1.807) is 5.01 Å². The van der Waals surface area contributed by atoms with Gasteiger partial charge in [-0.05, 0) is 41.3 Å². The molecular weight excluding hydrogens is 446 g/mol. The van der Waals surface area contributed by atoms with Crippen molar-refractivity contribution >= 4 is 23.2 Å². The molecule has 0 saturated heterocycles. The molecule has 5 heteroatoms. The molecule has 0 heterocycles. The van der Waals surface area contributed by atoms with Gasteiger partial charge in [0.05, 0.1) is 17.3 Å². The van der Waals surface area contributed by atoms with Crippen LogP contribution in [0.2, 0.25) is 0 Å². The van der Waals surface area contributed by atoms with Gasteiger partial charge in [0.25, 0.3) is 5.91 Å². The number of hydrogen-bond acceptors (Lipinski definition) is 3. The number of hydrogen-bond donors (Lipinski definition) is 2. The molecule has 5 nitrogen and oxygen atoms in total. The molecule has 182 valence electrons. The van der Waals surface area contributed by atoms with Crippen LogP contribution in [0.5, 0.6) is 0 Å². The number of nitrogens with one attached hydrogen (secondary N) is 2. The Hall–Kier alpha value is -4.38. The first-order chi connectivity index (χ1) is 17.5. The van der Waals surface area contributed by atoms with E-state index < -0.39 is 12.0 Å². The fraction of sp³-hybridized carbons (Fsp3) is 0.161. The monoisotopic (exact) mass is 477 g/mol. The highest BCUT2D eigenvalue weighted by atomic mass is 16.2. The molecule has 4 rings (SSSR count). The Kier molecular flexibility index (Phi) is 8.14. The molecule has 0 aliphatic rings. The standard InChI is InChI=1S/C31H31N3O2/c1-23(2)29(31(36)33-34(26-19-11-5-12-20-26)27-21-13-6-14-22-27)32-30(35)28(24-15-7-3-8-16-24)25-17-9-4-10-18-25/h3-23,28-29H,1-2H3,(H,32,35)(H,33,36)/t29-/m0/s1. The molecule has 0 aromatic heterocycles. The molecule has 2 N–H and O–H groups in total. The van der Waals surface area contributed by atoms with Crippen molar-refractivity contribution in [3.05, 3.63) is 132 Å². The minimum Gasteiger partial charge on any atom is -0.343 e. The lowest BCUT2D eigenvalue weighted by molar-refractivity contribution is -0.130. The van der Waals surface area contributed by atoms with Crippen LogP contribution < -0.4 is 15.8 Å². The van der Waals surface area contributed by atoms with Gasteiger partial charge in [0.15, 0.2) is 0 Å². The molecule has 0 unspecified atom stereocenters. The first-order valence-electron chi connectivity index (χ1n) is 12.2. The van der Waals surface area contributed by atoms with Crippen molar-refractivity contribution in [1.82, 2.24) is 10.7 Å². The molecular formula is C31H31N3O2. The summed E-state index contributed by atoms with van der Waals surface area (Å²) in [5, 5.41) is 4.79. The van der Waals surface area contributed by atoms with E-state index in [0.717, 1.165) is 22.5 Å². The maximum absolute atomic E-state index is 13.7. The first kappa shape index (κ1) is 24.7. The van der Waals surface area contributed by atoms with E-state index >= 15 is 0 Å². The molecule has 0 aliphatic carbocycles. The Bertz CT molecular complexity index is 1170. The summed E-state index contributed by atoms with van der Waals surface area (Å²) < 4.78 is 0. The Balaban J connectivity index is 1.60. The number of nitrogens with zero attached hydrogens (tertiary/aromatic N) is 1. The third kappa shape index (κ3) is 5.99. The van der Waals surface area contributed by atoms with Gasteiger partial charge >= 0.3 is 0 Å². The highest BCUT2D eigenvalue weighted by Crippen LogP contribution is 2.26. The van der Waals surface area contributed by atoms with Crippen LogP contribution in [0.1, 0.15) is 30.9 Å². The first-order valence-corrected chi connectivity index (χ1v) is 12.2. The van der Waals surface area contributed by atoms with Gasteiger partial charge in [-0.3, -0.25) is 20.0 Å². The van der Waals surface area contributed by atoms with Crippen LogP contribution in [0.25, 0.3) is 0 Å². The summed E-state index contributed by atoms with van der Waals surface area (Å²) in [4.78, 5) is 27.3. The van der Waals surface area contributed by atoms with Crippen LogP contribution in [0.4, 0.5) is 11.4 Å². The zero-order valence-electron chi connectivity index (χ0n) is 20.5. The van der Waals surface area contributed by atoms with Crippen LogP contribution in [0.3, 0.4) is 0 Å². The zero-order valence-corrected chi connectivity index (χ0v) is 20.5. The Labute approximate surface area is 212 Å². The number of carbonyl (C=O) groups is 2. The SMILES string of the molecule is CC(C)[C@H](NC(=O)C(c1ccccc1)c1ccccc1)C(=O)NN(c1ccccc1)c1ccccc1. The molecule has 4 aromatic rings. The lowest BCUT2D eigenvalue weighted by Crippen LogP contribution is -2.54. The van der Waals surface area contributed by atoms with E-state index in [1.807, 2.05) is 135 Å². The van der Waals surface area contributed by atoms with E-state index in [0.29, 0.717) is 0 Å². The molecule has 0 aliphatic heterocycles. The maximum Gasteiger partial charge on any atom is 0.261 e. The molecule has 2 amide bonds. The van der Waals surface area contributed by atoms with Gasteiger partial charge in [-0.25, -0.2) is 0 Å². The van der Waals surface area contributed by atoms with Gasteiger partial charge in [-0.15, -0.1) is 0 Å². The third-order valence-corrected chi connectivity index (χ3v) is 6.03. The van der Waals surface area contributed by atoms with E-state index in [-0.39, 0.29) is 17.7 Å². The minimum atomic E-state index is -0.734. The van der Waals surface area contributed by atoms with Crippen molar-refractivity contribution in [2.45, 2.75) is 25.8 Å². The lowest BCUT2D eigenvalue weighted by atomic mass is 9.89. The normalized spacial score (nSPS) is 11.7. The summed E-state index contributed by atoms with van der Waals surface area (Å²) in [7, 11) is 0. The lowest BCUT2D eigenvalue weighted by Gasteiger charge is -2.30. The average molecular weight is 478 g/mol. The Morgan fingerprint density at radius 2 is 0.972 bits per heavy atom. The van der Waals surface area contributed by atoms with E-state index in [2.05, 4.69) is 10.7 Å². The van der Waals surface area contributed by atoms with Gasteiger partial charge in [-0.2, -0.15) is 0 Å². The highest BCUT2D eigenvalue weighted by molar-refractivity contribution is 5.93. The summed E-state index contributed by atoms with van der Waals surface area (Å²) >= 11 is 0. The van der Waals surface area contributed by atoms with Crippen LogP contribution in [0, 0.1) is 5.92 Å². The van der Waals surface area contributed by atoms with E-state index in [9.17, 15) is 9.59 Å². The molecule has 0 saturated carbocycles. The van der Waals surface area contributed by atoms with Crippen molar-refractivity contribution in [2.24, 2.45) is 5.92 Å². The van der Waals surface area contributed by atoms with Crippen LogP contribution >= 0.6 is 0 Å². The highest BCUT2D eigenvalue weighted by Gasteiger charge is 2.30. The maximum atomic E-state index is 13.7. The van der Waals surface area contributed by atoms with Crippen molar-refractivity contribution in [3.8, 4) is 0 Å². The van der Waals surface area contributed by atoms with Crippen molar-refractivity contribution < 1.29 is 9.59 Å². The number of para-hydroxylation sites is 2. The largest absolute Gasteiger partial charge is 0.343 e. The Morgan fingerprint density at radius 1 is 0.583 bits per heavy atom. The predicted molar refractivity (Wildman–Crippen MR) is 145 cm³/mol. The fourth-order valence-corrected chi connectivity index (χ4v) is 4.17. The second-order valence-electron chi connectivity index (χ2n) is 8.97. The predicted octanol–water partition coefficient (Wildman–Crippen LogP) is 5.83. The van der Waals surface area contributed by atoms with Crippen LogP contribution in [-0.2, 0) is 9.59 Å². The third-order valence-electron chi connectivity index (χ3n) is 6.03. The van der Waals surface area contributed by atoms with Crippen molar-refractivity contribution in [2.75, 3.05) is 5.01 Å². The van der Waals surface area contributed by atoms with Crippen molar-refractivity contribution in [3.63, 3.8) is 0 Å². The minimum absolute atomic E-state index is 0.130. The smallest absolute Gasteiger partial charge is 0.261 e. The summed E-state index contributed by atoms with van der Waals surface area (Å²) in [5.41, 5.74) is 6.42. The number of rotatable bonds is 9. The molecule has 36 heavy (non-hydrogen) atoms. The Morgan fingerprint density at radius 3 is 1.36 bits per heavy atom. The van der Waals surface area contributed by atoms with Gasteiger partial charge in [-0.1, -0.05) is 111 Å². The summed E-state index contributed by atoms with van der Waals surface area (Å²) in [6, 6.07) is 37.8. The molecule has 1 atom stereocenters. The van der Waals surface area contributed by atoms with Gasteiger partial charge in [0, 0.05) is 0 Å².